The number of aromatic nitrogens is 2. The molecule has 0 saturated heterocycles. The highest BCUT2D eigenvalue weighted by molar-refractivity contribution is 5.44. The van der Waals surface area contributed by atoms with Crippen molar-refractivity contribution >= 4 is 6.08 Å². The molecule has 0 atom stereocenters. The Balaban J connectivity index is 2.18. The van der Waals surface area contributed by atoms with Crippen LogP contribution >= 0.6 is 0 Å². The molecule has 2 rings (SSSR count). The Hall–Kier alpha value is -1.09. The van der Waals surface area contributed by atoms with Gasteiger partial charge in [0.15, 0.2) is 0 Å². The standard InChI is InChI=1S/C9H13N3/c10-5-1-2-9-6-11-7-12(9)8-3-4-8/h1-2,6-8H,3-5,10H2. The summed E-state index contributed by atoms with van der Waals surface area (Å²) >= 11 is 0. The van der Waals surface area contributed by atoms with Crippen LogP contribution in [0.3, 0.4) is 0 Å². The highest BCUT2D eigenvalue weighted by Gasteiger charge is 2.24. The molecule has 0 aromatic carbocycles. The lowest BCUT2D eigenvalue weighted by Gasteiger charge is -2.00. The third-order valence-electron chi connectivity index (χ3n) is 2.06. The van der Waals surface area contributed by atoms with Crippen LogP contribution in [0.2, 0.25) is 0 Å². The van der Waals surface area contributed by atoms with Crippen molar-refractivity contribution in [2.24, 2.45) is 5.73 Å². The van der Waals surface area contributed by atoms with Gasteiger partial charge in [0.05, 0.1) is 18.2 Å². The first kappa shape index (κ1) is 7.55. The minimum atomic E-state index is 0.593. The van der Waals surface area contributed by atoms with Gasteiger partial charge >= 0.3 is 0 Å². The molecular formula is C9H13N3. The van der Waals surface area contributed by atoms with Crippen molar-refractivity contribution in [3.05, 3.63) is 24.3 Å². The van der Waals surface area contributed by atoms with Crippen LogP contribution in [0.1, 0.15) is 24.6 Å². The van der Waals surface area contributed by atoms with E-state index in [-0.39, 0.29) is 0 Å². The summed E-state index contributed by atoms with van der Waals surface area (Å²) in [6, 6.07) is 0.699. The fourth-order valence-corrected chi connectivity index (χ4v) is 1.29. The molecule has 1 fully saturated rings. The van der Waals surface area contributed by atoms with Crippen LogP contribution in [0, 0.1) is 0 Å². The van der Waals surface area contributed by atoms with Crippen LogP contribution < -0.4 is 5.73 Å². The smallest absolute Gasteiger partial charge is 0.0953 e. The number of nitrogens with zero attached hydrogens (tertiary/aromatic N) is 2. The summed E-state index contributed by atoms with van der Waals surface area (Å²) in [7, 11) is 0. The first-order chi connectivity index (χ1) is 5.92. The van der Waals surface area contributed by atoms with Crippen molar-refractivity contribution in [2.75, 3.05) is 6.54 Å². The minimum Gasteiger partial charge on any atom is -0.328 e. The zero-order valence-corrected chi connectivity index (χ0v) is 6.98. The largest absolute Gasteiger partial charge is 0.328 e. The summed E-state index contributed by atoms with van der Waals surface area (Å²) < 4.78 is 2.21. The fraction of sp³-hybridized carbons (Fsp3) is 0.444. The van der Waals surface area contributed by atoms with Crippen molar-refractivity contribution in [1.82, 2.24) is 9.55 Å². The van der Waals surface area contributed by atoms with E-state index in [4.69, 9.17) is 5.73 Å². The lowest BCUT2D eigenvalue weighted by atomic mass is 10.4. The van der Waals surface area contributed by atoms with Gasteiger partial charge in [0.25, 0.3) is 0 Å². The van der Waals surface area contributed by atoms with E-state index in [2.05, 4.69) is 9.55 Å². The maximum atomic E-state index is 5.37. The van der Waals surface area contributed by atoms with E-state index in [1.54, 1.807) is 0 Å². The molecule has 1 aliphatic carbocycles. The Morgan fingerprint density at radius 2 is 2.50 bits per heavy atom. The van der Waals surface area contributed by atoms with E-state index in [9.17, 15) is 0 Å². The van der Waals surface area contributed by atoms with Crippen molar-refractivity contribution in [3.63, 3.8) is 0 Å². The molecule has 1 aromatic heterocycles. The maximum absolute atomic E-state index is 5.37. The van der Waals surface area contributed by atoms with Crippen LogP contribution in [0.4, 0.5) is 0 Å². The maximum Gasteiger partial charge on any atom is 0.0953 e. The average molecular weight is 163 g/mol. The Kier molecular flexibility index (Phi) is 1.96. The number of rotatable bonds is 3. The third kappa shape index (κ3) is 1.41. The van der Waals surface area contributed by atoms with Crippen molar-refractivity contribution in [1.29, 1.82) is 0 Å². The van der Waals surface area contributed by atoms with Crippen molar-refractivity contribution < 1.29 is 0 Å². The second-order valence-electron chi connectivity index (χ2n) is 3.10. The first-order valence-electron chi connectivity index (χ1n) is 4.30. The number of imidazole rings is 1. The van der Waals surface area contributed by atoms with Crippen molar-refractivity contribution in [2.45, 2.75) is 18.9 Å². The summed E-state index contributed by atoms with van der Waals surface area (Å²) in [6.07, 6.45) is 10.3. The van der Waals surface area contributed by atoms with E-state index in [0.29, 0.717) is 12.6 Å². The molecule has 0 spiro atoms. The Morgan fingerprint density at radius 1 is 1.67 bits per heavy atom. The molecule has 12 heavy (non-hydrogen) atoms. The number of hydrogen-bond donors (Lipinski definition) is 1. The van der Waals surface area contributed by atoms with Gasteiger partial charge in [0.1, 0.15) is 0 Å². The second-order valence-corrected chi connectivity index (χ2v) is 3.10. The van der Waals surface area contributed by atoms with Gasteiger partial charge in [-0.3, -0.25) is 0 Å². The summed E-state index contributed by atoms with van der Waals surface area (Å²) in [5.74, 6) is 0. The number of hydrogen-bond acceptors (Lipinski definition) is 2. The summed E-state index contributed by atoms with van der Waals surface area (Å²) in [4.78, 5) is 4.11. The normalized spacial score (nSPS) is 17.4. The third-order valence-corrected chi connectivity index (χ3v) is 2.06. The van der Waals surface area contributed by atoms with Gasteiger partial charge in [-0.25, -0.2) is 4.98 Å². The molecule has 0 amide bonds. The summed E-state index contributed by atoms with van der Waals surface area (Å²) in [5.41, 5.74) is 6.54. The van der Waals surface area contributed by atoms with Crippen LogP contribution in [0.5, 0.6) is 0 Å². The molecule has 64 valence electrons. The zero-order valence-electron chi connectivity index (χ0n) is 6.98. The van der Waals surface area contributed by atoms with Gasteiger partial charge in [-0.15, -0.1) is 0 Å². The molecular weight excluding hydrogens is 150 g/mol. The SMILES string of the molecule is NCC=Cc1cncn1C1CC1. The lowest BCUT2D eigenvalue weighted by molar-refractivity contribution is 0.733. The molecule has 0 bridgehead atoms. The molecule has 0 radical (unpaired) electrons. The quantitative estimate of drug-likeness (QED) is 0.727. The number of nitrogens with two attached hydrogens (primary N) is 1. The van der Waals surface area contributed by atoms with E-state index >= 15 is 0 Å². The van der Waals surface area contributed by atoms with Gasteiger partial charge in [-0.2, -0.15) is 0 Å². The van der Waals surface area contributed by atoms with Gasteiger partial charge in [-0.1, -0.05) is 6.08 Å². The van der Waals surface area contributed by atoms with Crippen LogP contribution in [0.25, 0.3) is 6.08 Å². The Morgan fingerprint density at radius 3 is 3.17 bits per heavy atom. The zero-order chi connectivity index (χ0) is 8.39. The van der Waals surface area contributed by atoms with Gasteiger partial charge in [0.2, 0.25) is 0 Å². The molecule has 2 N–H and O–H groups in total. The molecule has 1 saturated carbocycles. The minimum absolute atomic E-state index is 0.593. The molecule has 1 aliphatic rings. The predicted octanol–water partition coefficient (Wildman–Crippen LogP) is 1.19. The fourth-order valence-electron chi connectivity index (χ4n) is 1.29. The molecule has 3 heteroatoms. The second kappa shape index (κ2) is 3.11. The van der Waals surface area contributed by atoms with E-state index in [1.807, 2.05) is 24.7 Å². The molecule has 1 aromatic rings. The van der Waals surface area contributed by atoms with Crippen LogP contribution in [-0.2, 0) is 0 Å². The van der Waals surface area contributed by atoms with Crippen molar-refractivity contribution in [3.8, 4) is 0 Å². The Bertz CT molecular complexity index is 284. The van der Waals surface area contributed by atoms with E-state index in [1.165, 1.54) is 18.5 Å². The van der Waals surface area contributed by atoms with E-state index in [0.717, 1.165) is 0 Å². The predicted molar refractivity (Wildman–Crippen MR) is 48.6 cm³/mol. The molecule has 0 aliphatic heterocycles. The highest BCUT2D eigenvalue weighted by Crippen LogP contribution is 2.35. The van der Waals surface area contributed by atoms with Gasteiger partial charge < -0.3 is 10.3 Å². The molecule has 1 heterocycles. The van der Waals surface area contributed by atoms with Crippen LogP contribution in [0.15, 0.2) is 18.6 Å². The first-order valence-corrected chi connectivity index (χ1v) is 4.30. The summed E-state index contributed by atoms with van der Waals surface area (Å²) in [6.45, 7) is 0.593. The van der Waals surface area contributed by atoms with E-state index < -0.39 is 0 Å². The molecule has 0 unspecified atom stereocenters. The van der Waals surface area contributed by atoms with Crippen LogP contribution in [-0.4, -0.2) is 16.1 Å². The topological polar surface area (TPSA) is 43.8 Å². The lowest BCUT2D eigenvalue weighted by Crippen LogP contribution is -1.96. The average Bonchev–Trinajstić information content (AvgIpc) is 2.83. The Labute approximate surface area is 71.9 Å². The van der Waals surface area contributed by atoms with Gasteiger partial charge in [0, 0.05) is 12.6 Å². The highest BCUT2D eigenvalue weighted by atomic mass is 15.1. The summed E-state index contributed by atoms with van der Waals surface area (Å²) in [5, 5.41) is 0. The monoisotopic (exact) mass is 163 g/mol. The van der Waals surface area contributed by atoms with Gasteiger partial charge in [-0.05, 0) is 18.9 Å². The molecule has 3 nitrogen and oxygen atoms in total.